The number of hydrogen-bond donors (Lipinski definition) is 1. The summed E-state index contributed by atoms with van der Waals surface area (Å²) in [6.45, 7) is 0. The number of rotatable bonds is 3. The lowest BCUT2D eigenvalue weighted by Crippen LogP contribution is -1.91. The maximum Gasteiger partial charge on any atom is 0.139 e. The van der Waals surface area contributed by atoms with E-state index in [1.165, 1.54) is 0 Å². The monoisotopic (exact) mass is 375 g/mol. The lowest BCUT2D eigenvalue weighted by molar-refractivity contribution is 1.36. The molecule has 4 nitrogen and oxygen atoms in total. The number of pyridine rings is 1. The molecule has 0 bridgehead atoms. The van der Waals surface area contributed by atoms with Crippen LogP contribution in [0, 0.1) is 8.48 Å². The molecule has 3 rings (SSSR count). The van der Waals surface area contributed by atoms with Gasteiger partial charge < -0.3 is 5.32 Å². The highest BCUT2D eigenvalue weighted by molar-refractivity contribution is 14.1. The molecule has 0 unspecified atom stereocenters. The van der Waals surface area contributed by atoms with Gasteiger partial charge in [0.2, 0.25) is 0 Å². The molecule has 3 aromatic rings. The van der Waals surface area contributed by atoms with Gasteiger partial charge in [0.15, 0.2) is 0 Å². The number of nitroso groups, excluding NO2 is 1. The lowest BCUT2D eigenvalue weighted by Gasteiger charge is -2.10. The fourth-order valence-corrected chi connectivity index (χ4v) is 2.40. The molecule has 0 saturated carbocycles. The topological polar surface area (TPSA) is 54.4 Å². The van der Waals surface area contributed by atoms with Crippen LogP contribution in [0.25, 0.3) is 10.8 Å². The number of aromatic nitrogens is 1. The van der Waals surface area contributed by atoms with Gasteiger partial charge in [0.25, 0.3) is 0 Å². The lowest BCUT2D eigenvalue weighted by atomic mass is 10.1. The van der Waals surface area contributed by atoms with Gasteiger partial charge in [-0.15, -0.1) is 4.91 Å². The highest BCUT2D eigenvalue weighted by Gasteiger charge is 2.08. The van der Waals surface area contributed by atoms with Crippen molar-refractivity contribution in [3.8, 4) is 0 Å². The summed E-state index contributed by atoms with van der Waals surface area (Å²) in [6.07, 6.45) is 3.38. The molecule has 5 heteroatoms. The van der Waals surface area contributed by atoms with Crippen molar-refractivity contribution in [2.24, 2.45) is 5.18 Å². The third-order valence-electron chi connectivity index (χ3n) is 3.01. The van der Waals surface area contributed by atoms with Gasteiger partial charge in [-0.05, 0) is 64.2 Å². The van der Waals surface area contributed by atoms with E-state index in [2.05, 4.69) is 38.1 Å². The second-order valence-corrected chi connectivity index (χ2v) is 5.53. The Morgan fingerprint density at radius 2 is 1.85 bits per heavy atom. The second kappa shape index (κ2) is 5.54. The average Bonchev–Trinajstić information content (AvgIpc) is 2.49. The summed E-state index contributed by atoms with van der Waals surface area (Å²) in [5, 5.41) is 8.09. The van der Waals surface area contributed by atoms with E-state index >= 15 is 0 Å². The summed E-state index contributed by atoms with van der Waals surface area (Å²) in [4.78, 5) is 15.2. The Morgan fingerprint density at radius 1 is 1.05 bits per heavy atom. The Kier molecular flexibility index (Phi) is 3.60. The van der Waals surface area contributed by atoms with Crippen molar-refractivity contribution in [1.29, 1.82) is 0 Å². The minimum Gasteiger partial charge on any atom is -0.354 e. The summed E-state index contributed by atoms with van der Waals surface area (Å²) in [5.74, 6) is 0. The van der Waals surface area contributed by atoms with Gasteiger partial charge in [0, 0.05) is 32.4 Å². The van der Waals surface area contributed by atoms with Crippen LogP contribution in [0.15, 0.2) is 60.0 Å². The number of halogens is 1. The Bertz CT molecular complexity index is 772. The van der Waals surface area contributed by atoms with Crippen LogP contribution in [0.2, 0.25) is 0 Å². The molecule has 2 aromatic carbocycles. The number of benzene rings is 2. The SMILES string of the molecule is O=Nc1c(Nc2ccc(I)cc2)ccc2cnccc12. The number of nitrogens with one attached hydrogen (secondary N) is 1. The van der Waals surface area contributed by atoms with Crippen molar-refractivity contribution in [3.05, 3.63) is 63.3 Å². The smallest absolute Gasteiger partial charge is 0.139 e. The van der Waals surface area contributed by atoms with E-state index in [9.17, 15) is 4.91 Å². The van der Waals surface area contributed by atoms with Crippen LogP contribution in [0.4, 0.5) is 17.1 Å². The van der Waals surface area contributed by atoms with E-state index in [1.54, 1.807) is 18.5 Å². The summed E-state index contributed by atoms with van der Waals surface area (Å²) in [5.41, 5.74) is 2.02. The van der Waals surface area contributed by atoms with Crippen LogP contribution >= 0.6 is 22.6 Å². The summed E-state index contributed by atoms with van der Waals surface area (Å²) < 4.78 is 1.16. The zero-order valence-corrected chi connectivity index (χ0v) is 12.5. The third-order valence-corrected chi connectivity index (χ3v) is 3.73. The molecule has 20 heavy (non-hydrogen) atoms. The fraction of sp³-hybridized carbons (Fsp3) is 0. The predicted molar refractivity (Wildman–Crippen MR) is 89.6 cm³/mol. The first-order valence-electron chi connectivity index (χ1n) is 6.00. The highest BCUT2D eigenvalue weighted by Crippen LogP contribution is 2.35. The molecule has 0 spiro atoms. The highest BCUT2D eigenvalue weighted by atomic mass is 127. The minimum absolute atomic E-state index is 0.406. The molecule has 0 aliphatic heterocycles. The molecule has 1 N–H and O–H groups in total. The summed E-state index contributed by atoms with van der Waals surface area (Å²) >= 11 is 2.25. The molecular formula is C15H10IN3O. The van der Waals surface area contributed by atoms with Crippen LogP contribution in [0.5, 0.6) is 0 Å². The van der Waals surface area contributed by atoms with Crippen LogP contribution in [0.3, 0.4) is 0 Å². The van der Waals surface area contributed by atoms with E-state index in [1.807, 2.05) is 36.4 Å². The Morgan fingerprint density at radius 3 is 2.60 bits per heavy atom. The summed E-state index contributed by atoms with van der Waals surface area (Å²) in [7, 11) is 0. The van der Waals surface area contributed by atoms with E-state index < -0.39 is 0 Å². The van der Waals surface area contributed by atoms with Gasteiger partial charge in [-0.2, -0.15) is 0 Å². The average molecular weight is 375 g/mol. The quantitative estimate of drug-likeness (QED) is 0.519. The number of hydrogen-bond acceptors (Lipinski definition) is 4. The molecule has 98 valence electrons. The van der Waals surface area contributed by atoms with Gasteiger partial charge >= 0.3 is 0 Å². The van der Waals surface area contributed by atoms with Crippen LogP contribution in [0.1, 0.15) is 0 Å². The first-order chi connectivity index (χ1) is 9.78. The van der Waals surface area contributed by atoms with Gasteiger partial charge in [0.05, 0.1) is 5.69 Å². The van der Waals surface area contributed by atoms with E-state index in [0.29, 0.717) is 11.4 Å². The standard InChI is InChI=1S/C15H10IN3O/c16-11-2-4-12(5-3-11)18-14-6-1-10-9-17-8-7-13(10)15(14)19-20/h1-9,18H. The molecule has 0 radical (unpaired) electrons. The van der Waals surface area contributed by atoms with Crippen molar-refractivity contribution in [2.75, 3.05) is 5.32 Å². The minimum atomic E-state index is 0.406. The van der Waals surface area contributed by atoms with E-state index in [-0.39, 0.29) is 0 Å². The predicted octanol–water partition coefficient (Wildman–Crippen LogP) is 4.98. The van der Waals surface area contributed by atoms with Crippen LogP contribution in [-0.2, 0) is 0 Å². The molecule has 1 heterocycles. The van der Waals surface area contributed by atoms with Crippen molar-refractivity contribution in [3.63, 3.8) is 0 Å². The third kappa shape index (κ3) is 2.49. The Labute approximate surface area is 129 Å². The molecule has 0 saturated heterocycles. The van der Waals surface area contributed by atoms with Gasteiger partial charge in [0.1, 0.15) is 5.69 Å². The molecular weight excluding hydrogens is 365 g/mol. The van der Waals surface area contributed by atoms with Crippen molar-refractivity contribution in [2.45, 2.75) is 0 Å². The fourth-order valence-electron chi connectivity index (χ4n) is 2.04. The Hall–Kier alpha value is -2.02. The first-order valence-corrected chi connectivity index (χ1v) is 7.08. The number of nitrogens with zero attached hydrogens (tertiary/aromatic N) is 2. The molecule has 0 aliphatic rings. The van der Waals surface area contributed by atoms with Crippen molar-refractivity contribution >= 4 is 50.4 Å². The van der Waals surface area contributed by atoms with E-state index in [0.717, 1.165) is 20.0 Å². The van der Waals surface area contributed by atoms with E-state index in [4.69, 9.17) is 0 Å². The van der Waals surface area contributed by atoms with Gasteiger partial charge in [-0.1, -0.05) is 6.07 Å². The van der Waals surface area contributed by atoms with Crippen LogP contribution in [-0.4, -0.2) is 4.98 Å². The Balaban J connectivity index is 2.07. The zero-order valence-electron chi connectivity index (χ0n) is 10.4. The summed E-state index contributed by atoms with van der Waals surface area (Å²) in [6, 6.07) is 13.5. The van der Waals surface area contributed by atoms with Crippen molar-refractivity contribution < 1.29 is 0 Å². The molecule has 0 amide bonds. The number of fused-ring (bicyclic) bond motifs is 1. The zero-order chi connectivity index (χ0) is 13.9. The van der Waals surface area contributed by atoms with Crippen LogP contribution < -0.4 is 5.32 Å². The van der Waals surface area contributed by atoms with Crippen molar-refractivity contribution in [1.82, 2.24) is 4.98 Å². The molecule has 0 aliphatic carbocycles. The maximum atomic E-state index is 11.2. The second-order valence-electron chi connectivity index (χ2n) is 4.28. The first kappa shape index (κ1) is 13.0. The molecule has 1 aromatic heterocycles. The normalized spacial score (nSPS) is 10.4. The number of anilines is 2. The molecule has 0 fully saturated rings. The maximum absolute atomic E-state index is 11.2. The van der Waals surface area contributed by atoms with Gasteiger partial charge in [-0.3, -0.25) is 4.98 Å². The largest absolute Gasteiger partial charge is 0.354 e. The van der Waals surface area contributed by atoms with Gasteiger partial charge in [-0.25, -0.2) is 0 Å². The molecule has 0 atom stereocenters.